The van der Waals surface area contributed by atoms with Crippen molar-refractivity contribution in [3.63, 3.8) is 0 Å². The Morgan fingerprint density at radius 3 is 2.08 bits per heavy atom. The molecule has 2 aromatic carbocycles. The third kappa shape index (κ3) is 4.14. The third-order valence-corrected chi connectivity index (χ3v) is 8.47. The Balaban J connectivity index is 0.00000294. The second-order valence-corrected chi connectivity index (χ2v) is 11.7. The molecule has 0 aromatic heterocycles. The summed E-state index contributed by atoms with van der Waals surface area (Å²) in [5.41, 5.74) is 9.17. The summed E-state index contributed by atoms with van der Waals surface area (Å²) in [5, 5.41) is 4.77. The smallest absolute Gasteiger partial charge is 0.0716 e. The lowest BCUT2D eigenvalue weighted by Crippen LogP contribution is -2.30. The normalized spacial score (nSPS) is 23.1. The molecule has 2 aliphatic heterocycles. The van der Waals surface area contributed by atoms with E-state index >= 15 is 0 Å². The molecule has 2 heterocycles. The molecule has 0 saturated carbocycles. The van der Waals surface area contributed by atoms with Crippen molar-refractivity contribution in [3.8, 4) is 0 Å². The molecule has 1 unspecified atom stereocenters. The van der Waals surface area contributed by atoms with Crippen molar-refractivity contribution in [2.75, 3.05) is 0 Å². The minimum Gasteiger partial charge on any atom is -0.248 e. The van der Waals surface area contributed by atoms with E-state index in [2.05, 4.69) is 120 Å². The first-order valence-corrected chi connectivity index (χ1v) is 13.7. The lowest BCUT2D eigenvalue weighted by molar-refractivity contribution is 0.491. The van der Waals surface area contributed by atoms with Crippen molar-refractivity contribution in [3.05, 3.63) is 128 Å². The Bertz CT molecular complexity index is 1740. The van der Waals surface area contributed by atoms with Crippen LogP contribution >= 0.6 is 24.0 Å². The predicted molar refractivity (Wildman–Crippen MR) is 169 cm³/mol. The van der Waals surface area contributed by atoms with Crippen molar-refractivity contribution in [2.24, 2.45) is 26.7 Å². The van der Waals surface area contributed by atoms with Gasteiger partial charge in [-0.3, -0.25) is 0 Å². The van der Waals surface area contributed by atoms with Crippen molar-refractivity contribution in [1.82, 2.24) is 0 Å². The molecule has 3 heteroatoms. The van der Waals surface area contributed by atoms with E-state index < -0.39 is 0 Å². The summed E-state index contributed by atoms with van der Waals surface area (Å²) in [6.45, 7) is 13.9. The number of benzene rings is 2. The molecule has 0 N–H and O–H groups in total. The fourth-order valence-corrected chi connectivity index (χ4v) is 6.79. The summed E-state index contributed by atoms with van der Waals surface area (Å²) in [6.07, 6.45) is 13.8. The molecule has 0 amide bonds. The molecule has 2 nitrogen and oxygen atoms in total. The van der Waals surface area contributed by atoms with Gasteiger partial charge in [-0.05, 0) is 53.8 Å². The van der Waals surface area contributed by atoms with Crippen LogP contribution in [-0.2, 0) is 0 Å². The molecule has 4 aliphatic rings. The van der Waals surface area contributed by atoms with E-state index in [0.717, 1.165) is 29.3 Å². The molecular weight excluding hydrogens is 575 g/mol. The highest BCUT2D eigenvalue weighted by Crippen LogP contribution is 2.48. The summed E-state index contributed by atoms with van der Waals surface area (Å²) >= 11 is 0. The van der Waals surface area contributed by atoms with Gasteiger partial charge in [0.2, 0.25) is 0 Å². The maximum atomic E-state index is 5.00. The number of para-hydroxylation sites is 2. The van der Waals surface area contributed by atoms with Gasteiger partial charge < -0.3 is 0 Å². The van der Waals surface area contributed by atoms with E-state index in [0.29, 0.717) is 5.92 Å². The number of halogens is 1. The van der Waals surface area contributed by atoms with E-state index in [1.165, 1.54) is 44.0 Å². The van der Waals surface area contributed by atoms with Crippen LogP contribution in [0.5, 0.6) is 0 Å². The summed E-state index contributed by atoms with van der Waals surface area (Å²) in [5.74, 6) is 0.368. The number of rotatable bonds is 4. The maximum Gasteiger partial charge on any atom is 0.0716 e. The Hall–Kier alpha value is -2.79. The first-order chi connectivity index (χ1) is 17.7. The Morgan fingerprint density at radius 2 is 1.39 bits per heavy atom. The van der Waals surface area contributed by atoms with Gasteiger partial charge in [0.25, 0.3) is 0 Å². The van der Waals surface area contributed by atoms with Crippen LogP contribution in [0.1, 0.15) is 54.4 Å². The predicted octanol–water partition coefficient (Wildman–Crippen LogP) is 6.64. The quantitative estimate of drug-likeness (QED) is 0.346. The van der Waals surface area contributed by atoms with E-state index in [9.17, 15) is 0 Å². The first-order valence-electron chi connectivity index (χ1n) is 13.7. The molecule has 6 rings (SSSR count). The molecule has 0 spiro atoms. The standard InChI is InChI=1S/C35H36N2.HI/c1-7-22-26(34(3,4)20-30-32(22)24-14-9-11-18-28(24)36-30)16-13-17-27-23(8-2)33-25-15-10-12-19-29(25)37-31(33)21-35(27,5)6;/h9-22H,7-8H2,1-6H3;1H. The van der Waals surface area contributed by atoms with Crippen LogP contribution < -0.4 is 21.2 Å². The zero-order valence-corrected chi connectivity index (χ0v) is 25.6. The summed E-state index contributed by atoms with van der Waals surface area (Å²) < 4.78 is 0. The van der Waals surface area contributed by atoms with E-state index in [-0.39, 0.29) is 34.8 Å². The Labute approximate surface area is 243 Å². The molecule has 1 atom stereocenters. The van der Waals surface area contributed by atoms with E-state index in [1.807, 2.05) is 0 Å². The van der Waals surface area contributed by atoms with Crippen molar-refractivity contribution >= 4 is 35.1 Å². The molecule has 0 radical (unpaired) electrons. The van der Waals surface area contributed by atoms with Crippen LogP contribution in [0.15, 0.2) is 117 Å². The largest absolute Gasteiger partial charge is 0.248 e. The van der Waals surface area contributed by atoms with Gasteiger partial charge >= 0.3 is 0 Å². The first kappa shape index (κ1) is 26.8. The number of allylic oxidation sites excluding steroid dienone is 9. The van der Waals surface area contributed by atoms with Crippen molar-refractivity contribution in [2.45, 2.75) is 54.4 Å². The highest BCUT2D eigenvalue weighted by Gasteiger charge is 2.37. The van der Waals surface area contributed by atoms with Crippen LogP contribution in [0.2, 0.25) is 0 Å². The lowest BCUT2D eigenvalue weighted by atomic mass is 9.67. The summed E-state index contributed by atoms with van der Waals surface area (Å²) in [4.78, 5) is 9.98. The Kier molecular flexibility index (Phi) is 6.88. The second-order valence-electron chi connectivity index (χ2n) is 11.7. The average molecular weight is 613 g/mol. The number of hydrogen-bond acceptors (Lipinski definition) is 2. The average Bonchev–Trinajstić information content (AvgIpc) is 3.40. The number of nitrogens with zero attached hydrogens (tertiary/aromatic N) is 2. The van der Waals surface area contributed by atoms with Crippen LogP contribution in [0.3, 0.4) is 0 Å². The SMILES string of the molecule is CCC1=C(C=CC=C2C(CC)C3=c4ccccc4=NC3=CC2(C)C)C(C)(C)C=C2N=c3ccccc3=C21.I. The second kappa shape index (κ2) is 9.75. The zero-order chi connectivity index (χ0) is 25.9. The fourth-order valence-electron chi connectivity index (χ4n) is 6.79. The molecule has 2 aromatic rings. The number of fused-ring (bicyclic) bond motifs is 4. The highest BCUT2D eigenvalue weighted by molar-refractivity contribution is 14.0. The number of hydrogen-bond donors (Lipinski definition) is 0. The molecule has 38 heavy (non-hydrogen) atoms. The van der Waals surface area contributed by atoms with Crippen LogP contribution in [0.25, 0.3) is 11.1 Å². The van der Waals surface area contributed by atoms with Gasteiger partial charge in [0.05, 0.1) is 22.1 Å². The lowest BCUT2D eigenvalue weighted by Gasteiger charge is -2.37. The topological polar surface area (TPSA) is 24.7 Å². The van der Waals surface area contributed by atoms with Crippen LogP contribution in [0.4, 0.5) is 0 Å². The van der Waals surface area contributed by atoms with Gasteiger partial charge in [-0.15, -0.1) is 24.0 Å². The molecule has 0 saturated heterocycles. The molecule has 194 valence electrons. The van der Waals surface area contributed by atoms with Crippen LogP contribution in [-0.4, -0.2) is 0 Å². The van der Waals surface area contributed by atoms with Gasteiger partial charge in [0, 0.05) is 32.8 Å². The van der Waals surface area contributed by atoms with Gasteiger partial charge in [0.1, 0.15) is 0 Å². The van der Waals surface area contributed by atoms with Gasteiger partial charge in [-0.2, -0.15) is 0 Å². The van der Waals surface area contributed by atoms with Gasteiger partial charge in [-0.25, -0.2) is 9.98 Å². The highest BCUT2D eigenvalue weighted by atomic mass is 127. The van der Waals surface area contributed by atoms with Crippen molar-refractivity contribution in [1.29, 1.82) is 0 Å². The minimum absolute atomic E-state index is 0. The monoisotopic (exact) mass is 612 g/mol. The van der Waals surface area contributed by atoms with E-state index in [4.69, 9.17) is 9.98 Å². The molecular formula is C35H37IN2. The summed E-state index contributed by atoms with van der Waals surface area (Å²) in [7, 11) is 0. The van der Waals surface area contributed by atoms with Gasteiger partial charge in [0.15, 0.2) is 0 Å². The van der Waals surface area contributed by atoms with Crippen LogP contribution in [0, 0.1) is 16.7 Å². The fraction of sp³-hybridized carbons (Fsp3) is 0.314. The minimum atomic E-state index is -0.0813. The molecule has 0 fully saturated rings. The summed E-state index contributed by atoms with van der Waals surface area (Å²) in [6, 6.07) is 17.2. The zero-order valence-electron chi connectivity index (χ0n) is 23.3. The Morgan fingerprint density at radius 1 is 0.789 bits per heavy atom. The third-order valence-electron chi connectivity index (χ3n) is 8.47. The molecule has 0 bridgehead atoms. The molecule has 2 aliphatic carbocycles. The van der Waals surface area contributed by atoms with Crippen molar-refractivity contribution < 1.29 is 0 Å². The van der Waals surface area contributed by atoms with E-state index in [1.54, 1.807) is 0 Å². The maximum absolute atomic E-state index is 5.00. The van der Waals surface area contributed by atoms with Gasteiger partial charge in [-0.1, -0.05) is 102 Å².